The van der Waals surface area contributed by atoms with Crippen molar-refractivity contribution in [3.8, 4) is 0 Å². The molecule has 4 aliphatic heterocycles. The maximum Gasteiger partial charge on any atom is 0.422 e. The SMILES string of the molecule is CCO[C@@H]1C[C@H]2C(=O)NC3(CCCC3)C(=O)N(C)[C@@H]([C@@H](C)CC)C(=O)N(C)[C@H](C(=O)N3CCCC3)CC(=O)N(C)[C@@H](CC(C)C)C(=O)N[C@@H]([C@@H](C)CC)C(=O)N(C)[C@@H](C)C(=O)N3CC[C@H]3C(=O)N(C)[C@@H](Cc3ccc(C(F)(F)F)cc3)C(=O)N(C)CC(=O)N[C@@H](CCc3cc(F)c(C(F)(F)F)c(F)c3)C(=O)N2C1. The van der Waals surface area contributed by atoms with E-state index in [4.69, 9.17) is 4.74 Å². The minimum Gasteiger partial charge on any atom is -0.377 e. The highest BCUT2D eigenvalue weighted by Crippen LogP contribution is 2.38. The first-order valence-electron chi connectivity index (χ1n) is 37.3. The van der Waals surface area contributed by atoms with Crippen LogP contribution in [0.2, 0.25) is 0 Å². The molecule has 5 fully saturated rings. The van der Waals surface area contributed by atoms with Crippen LogP contribution in [0, 0.1) is 29.4 Å². The van der Waals surface area contributed by atoms with Crippen molar-refractivity contribution in [2.75, 3.05) is 81.6 Å². The number of hydrogen-bond donors (Lipinski definition) is 3. The monoisotopic (exact) mass is 1530 g/mol. The number of carbonyl (C=O) groups excluding carboxylic acids is 12. The Labute approximate surface area is 625 Å². The Hall–Kier alpha value is -8.52. The summed E-state index contributed by atoms with van der Waals surface area (Å²) in [7, 11) is 7.77. The van der Waals surface area contributed by atoms with E-state index < -0.39 is 222 Å². The summed E-state index contributed by atoms with van der Waals surface area (Å²) in [6, 6.07) is -8.59. The smallest absolute Gasteiger partial charge is 0.377 e. The molecular formula is C75H106F8N12O13. The largest absolute Gasteiger partial charge is 0.422 e. The molecule has 33 heteroatoms. The normalized spacial score (nSPS) is 26.6. The van der Waals surface area contributed by atoms with Crippen LogP contribution >= 0.6 is 0 Å². The molecular weight excluding hydrogens is 1430 g/mol. The van der Waals surface area contributed by atoms with Crippen molar-refractivity contribution >= 4 is 70.9 Å². The van der Waals surface area contributed by atoms with E-state index in [2.05, 4.69) is 16.0 Å². The first-order chi connectivity index (χ1) is 50.5. The summed E-state index contributed by atoms with van der Waals surface area (Å²) in [6.07, 6.45) is -10.9. The van der Waals surface area contributed by atoms with Crippen molar-refractivity contribution in [1.29, 1.82) is 0 Å². The lowest BCUT2D eigenvalue weighted by Crippen LogP contribution is -2.65. The number of hydrogen-bond acceptors (Lipinski definition) is 13. The predicted molar refractivity (Wildman–Crippen MR) is 379 cm³/mol. The fraction of sp³-hybridized carbons (Fsp3) is 0.680. The van der Waals surface area contributed by atoms with Crippen LogP contribution in [0.3, 0.4) is 0 Å². The summed E-state index contributed by atoms with van der Waals surface area (Å²) in [5.74, 6) is -15.4. The average Bonchev–Trinajstić information content (AvgIpc) is 1.21. The van der Waals surface area contributed by atoms with Gasteiger partial charge >= 0.3 is 12.4 Å². The number of aryl methyl sites for hydroxylation is 1. The summed E-state index contributed by atoms with van der Waals surface area (Å²) < 4.78 is 120. The van der Waals surface area contributed by atoms with E-state index in [1.807, 2.05) is 13.8 Å². The van der Waals surface area contributed by atoms with E-state index >= 15 is 37.5 Å². The number of nitrogens with zero attached hydrogens (tertiary/aromatic N) is 9. The summed E-state index contributed by atoms with van der Waals surface area (Å²) >= 11 is 0. The quantitative estimate of drug-likeness (QED) is 0.184. The van der Waals surface area contributed by atoms with Gasteiger partial charge in [-0.1, -0.05) is 79.4 Å². The maximum absolute atomic E-state index is 15.6. The van der Waals surface area contributed by atoms with E-state index in [0.29, 0.717) is 63.7 Å². The van der Waals surface area contributed by atoms with Crippen LogP contribution in [0.25, 0.3) is 0 Å². The van der Waals surface area contributed by atoms with Crippen molar-refractivity contribution in [3.63, 3.8) is 0 Å². The Morgan fingerprint density at radius 2 is 1.23 bits per heavy atom. The third-order valence-corrected chi connectivity index (χ3v) is 22.4. The molecule has 0 unspecified atom stereocenters. The molecule has 25 nitrogen and oxygen atoms in total. The standard InChI is InChI=1S/C75H106F8N12O13/c1-15-43(6)61-70(105)88(10)45(8)65(100)94-33-28-53(94)68(103)90(12)56(37-46-22-25-48(26-23-46)74(78,79)80)67(102)87(9)41-58(96)84-52(27-24-47-35-50(76)60(51(77)36-47)75(81,82)83)66(101)95-40-49(108-17-3)38-55(95)64(99)86-73(29-18-19-30-73)72(107)92(14)62(44(7)16-2)71(106)91(13)57(69(104)93-31-20-21-32-93)39-59(97)89(11)54(34-42(4)5)63(98)85-61/h22-23,25-26,35-36,42-45,49,52-57,61-62H,15-21,24,27-34,37-41H2,1-14H3,(H,84,96)(H,85,98)(H,86,99)/t43-,44-,45-,49+,52-,53-,54-,55-,56-,57-,61-,62-/m0/s1. The van der Waals surface area contributed by atoms with Crippen molar-refractivity contribution < 1.29 is 97.4 Å². The molecule has 0 bridgehead atoms. The minimum absolute atomic E-state index is 0.0223. The van der Waals surface area contributed by atoms with Crippen LogP contribution < -0.4 is 16.0 Å². The summed E-state index contributed by atoms with van der Waals surface area (Å²) in [5, 5.41) is 8.32. The highest BCUT2D eigenvalue weighted by atomic mass is 19.4. The highest BCUT2D eigenvalue weighted by molar-refractivity contribution is 6.01. The number of rotatable bonds is 14. The predicted octanol–water partition coefficient (Wildman–Crippen LogP) is 5.96. The number of nitrogens with one attached hydrogen (secondary N) is 3. The van der Waals surface area contributed by atoms with Gasteiger partial charge in [0.2, 0.25) is 70.9 Å². The molecule has 600 valence electrons. The van der Waals surface area contributed by atoms with Gasteiger partial charge in [0.1, 0.15) is 77.1 Å². The van der Waals surface area contributed by atoms with Crippen LogP contribution in [0.4, 0.5) is 35.1 Å². The number of carbonyl (C=O) groups is 12. The molecule has 1 spiro atoms. The maximum atomic E-state index is 15.6. The Balaban J connectivity index is 1.34. The van der Waals surface area contributed by atoms with Crippen molar-refractivity contribution in [2.45, 2.75) is 230 Å². The summed E-state index contributed by atoms with van der Waals surface area (Å²) in [5.41, 5.74) is -5.29. The van der Waals surface area contributed by atoms with Gasteiger partial charge < -0.3 is 64.8 Å². The molecule has 12 amide bonds. The number of benzene rings is 2. The van der Waals surface area contributed by atoms with Crippen LogP contribution in [-0.4, -0.2) is 263 Å². The number of fused-ring (bicyclic) bond motifs is 2. The van der Waals surface area contributed by atoms with Gasteiger partial charge in [-0.2, -0.15) is 26.3 Å². The van der Waals surface area contributed by atoms with Crippen molar-refractivity contribution in [1.82, 2.24) is 60.0 Å². The number of halogens is 8. The Bertz CT molecular complexity index is 3610. The minimum atomic E-state index is -5.46. The van der Waals surface area contributed by atoms with E-state index in [1.165, 1.54) is 61.8 Å². The van der Waals surface area contributed by atoms with Crippen LogP contribution in [0.5, 0.6) is 0 Å². The topological polar surface area (TPSA) is 279 Å². The van der Waals surface area contributed by atoms with Gasteiger partial charge in [0.25, 0.3) is 0 Å². The summed E-state index contributed by atoms with van der Waals surface area (Å²) in [6.45, 7) is 13.0. The van der Waals surface area contributed by atoms with E-state index in [0.717, 1.165) is 55.8 Å². The third kappa shape index (κ3) is 19.9. The lowest BCUT2D eigenvalue weighted by molar-refractivity contribution is -0.160. The third-order valence-electron chi connectivity index (χ3n) is 22.4. The number of amides is 12. The van der Waals surface area contributed by atoms with Gasteiger partial charge in [-0.3, -0.25) is 57.5 Å². The molecule has 1 saturated carbocycles. The van der Waals surface area contributed by atoms with Crippen LogP contribution in [0.1, 0.15) is 161 Å². The zero-order valence-electron chi connectivity index (χ0n) is 64.2. The second kappa shape index (κ2) is 36.3. The highest BCUT2D eigenvalue weighted by Gasteiger charge is 2.53. The molecule has 4 saturated heterocycles. The van der Waals surface area contributed by atoms with E-state index in [9.17, 15) is 55.1 Å². The number of likely N-dealkylation sites (tertiary alicyclic amines) is 1. The molecule has 7 rings (SSSR count). The van der Waals surface area contributed by atoms with Gasteiger partial charge in [-0.15, -0.1) is 0 Å². The molecule has 4 heterocycles. The van der Waals surface area contributed by atoms with Crippen molar-refractivity contribution in [3.05, 3.63) is 70.3 Å². The van der Waals surface area contributed by atoms with Gasteiger partial charge in [0.15, 0.2) is 0 Å². The zero-order chi connectivity index (χ0) is 80.5. The van der Waals surface area contributed by atoms with Crippen LogP contribution in [0.15, 0.2) is 36.4 Å². The second-order valence-electron chi connectivity index (χ2n) is 30.2. The number of alkyl halides is 6. The molecule has 12 atom stereocenters. The summed E-state index contributed by atoms with van der Waals surface area (Å²) in [4.78, 5) is 191. The van der Waals surface area contributed by atoms with Gasteiger partial charge in [-0.25, -0.2) is 8.78 Å². The average molecular weight is 1540 g/mol. The molecule has 1 aliphatic carbocycles. The lowest BCUT2D eigenvalue weighted by atomic mass is 9.90. The fourth-order valence-corrected chi connectivity index (χ4v) is 15.2. The van der Waals surface area contributed by atoms with E-state index in [1.54, 1.807) is 34.6 Å². The lowest BCUT2D eigenvalue weighted by Gasteiger charge is -2.45. The fourth-order valence-electron chi connectivity index (χ4n) is 15.2. The molecule has 0 radical (unpaired) electrons. The van der Waals surface area contributed by atoms with Gasteiger partial charge in [-0.05, 0) is 118 Å². The second-order valence-corrected chi connectivity index (χ2v) is 30.2. The number of ether oxygens (including phenoxy) is 1. The van der Waals surface area contributed by atoms with Gasteiger partial charge in [0, 0.05) is 87.9 Å². The first kappa shape index (κ1) is 86.7. The number of likely N-dealkylation sites (N-methyl/N-ethyl adjacent to an activating group) is 6. The molecule has 3 N–H and O–H groups in total. The zero-order valence-corrected chi connectivity index (χ0v) is 64.2. The Morgan fingerprint density at radius 3 is 1.77 bits per heavy atom. The molecule has 5 aliphatic rings. The van der Waals surface area contributed by atoms with Crippen LogP contribution in [-0.2, 0) is 87.5 Å². The molecule has 2 aromatic carbocycles. The van der Waals surface area contributed by atoms with Gasteiger partial charge in [0.05, 0.1) is 24.6 Å². The van der Waals surface area contributed by atoms with E-state index in [-0.39, 0.29) is 63.3 Å². The Kier molecular flexibility index (Phi) is 29.2. The van der Waals surface area contributed by atoms with Crippen molar-refractivity contribution in [2.24, 2.45) is 17.8 Å². The molecule has 108 heavy (non-hydrogen) atoms. The molecule has 2 aromatic rings. The first-order valence-corrected chi connectivity index (χ1v) is 37.3. The molecule has 0 aromatic heterocycles. The Morgan fingerprint density at radius 1 is 0.630 bits per heavy atom.